The van der Waals surface area contributed by atoms with Gasteiger partial charge in [0.1, 0.15) is 29.8 Å². The van der Waals surface area contributed by atoms with E-state index in [1.807, 2.05) is 13.8 Å². The highest BCUT2D eigenvalue weighted by atomic mass is 19.1. The van der Waals surface area contributed by atoms with Crippen molar-refractivity contribution in [1.29, 1.82) is 5.26 Å². The number of nitriles is 1. The normalized spacial score (nSPS) is 10.2. The molecule has 0 bridgehead atoms. The van der Waals surface area contributed by atoms with Crippen molar-refractivity contribution in [3.8, 4) is 11.8 Å². The molecule has 0 heterocycles. The van der Waals surface area contributed by atoms with Gasteiger partial charge in [0.05, 0.1) is 0 Å². The van der Waals surface area contributed by atoms with Gasteiger partial charge in [-0.15, -0.1) is 0 Å². The highest BCUT2D eigenvalue weighted by Gasteiger charge is 2.08. The molecule has 0 atom stereocenters. The molecule has 0 fully saturated rings. The molecule has 1 rings (SSSR count). The maximum Gasteiger partial charge on any atom is 0.144 e. The van der Waals surface area contributed by atoms with E-state index < -0.39 is 5.82 Å². The molecule has 0 spiro atoms. The standard InChI is InChI=1S/C12H15FN2O/c1-9(2)15-6-7-16-12-5-3-4-11(13)10(12)8-14/h3-5,9,15H,6-7H2,1-2H3. The van der Waals surface area contributed by atoms with Gasteiger partial charge in [-0.25, -0.2) is 4.39 Å². The average Bonchev–Trinajstić information content (AvgIpc) is 2.24. The minimum Gasteiger partial charge on any atom is -0.491 e. The summed E-state index contributed by atoms with van der Waals surface area (Å²) in [5, 5.41) is 11.9. The second kappa shape index (κ2) is 6.09. The van der Waals surface area contributed by atoms with Crippen LogP contribution >= 0.6 is 0 Å². The lowest BCUT2D eigenvalue weighted by molar-refractivity contribution is 0.306. The zero-order valence-corrected chi connectivity index (χ0v) is 9.46. The van der Waals surface area contributed by atoms with E-state index in [0.717, 1.165) is 0 Å². The fraction of sp³-hybridized carbons (Fsp3) is 0.417. The van der Waals surface area contributed by atoms with Crippen LogP contribution in [-0.4, -0.2) is 19.2 Å². The number of hydrogen-bond acceptors (Lipinski definition) is 3. The summed E-state index contributed by atoms with van der Waals surface area (Å²) < 4.78 is 18.5. The van der Waals surface area contributed by atoms with Gasteiger partial charge in [0, 0.05) is 12.6 Å². The smallest absolute Gasteiger partial charge is 0.144 e. The molecule has 0 aliphatic heterocycles. The van der Waals surface area contributed by atoms with Crippen molar-refractivity contribution in [3.63, 3.8) is 0 Å². The predicted octanol–water partition coefficient (Wildman–Crippen LogP) is 2.07. The topological polar surface area (TPSA) is 45.0 Å². The lowest BCUT2D eigenvalue weighted by atomic mass is 10.2. The van der Waals surface area contributed by atoms with Crippen molar-refractivity contribution in [2.45, 2.75) is 19.9 Å². The van der Waals surface area contributed by atoms with Gasteiger partial charge in [-0.05, 0) is 12.1 Å². The van der Waals surface area contributed by atoms with Gasteiger partial charge in [-0.3, -0.25) is 0 Å². The molecule has 1 N–H and O–H groups in total. The third-order valence-corrected chi connectivity index (χ3v) is 2.00. The van der Waals surface area contributed by atoms with Gasteiger partial charge in [0.2, 0.25) is 0 Å². The summed E-state index contributed by atoms with van der Waals surface area (Å²) in [6.45, 7) is 5.14. The third kappa shape index (κ3) is 3.52. The summed E-state index contributed by atoms with van der Waals surface area (Å²) in [6, 6.07) is 6.55. The quantitative estimate of drug-likeness (QED) is 0.776. The Morgan fingerprint density at radius 1 is 1.50 bits per heavy atom. The molecule has 0 amide bonds. The molecule has 0 saturated carbocycles. The predicted molar refractivity (Wildman–Crippen MR) is 59.7 cm³/mol. The molecule has 16 heavy (non-hydrogen) atoms. The first-order valence-electron chi connectivity index (χ1n) is 5.20. The van der Waals surface area contributed by atoms with E-state index >= 15 is 0 Å². The minimum atomic E-state index is -0.545. The van der Waals surface area contributed by atoms with Gasteiger partial charge in [0.15, 0.2) is 0 Å². The van der Waals surface area contributed by atoms with Crippen LogP contribution in [0.5, 0.6) is 5.75 Å². The summed E-state index contributed by atoms with van der Waals surface area (Å²) in [4.78, 5) is 0. The lowest BCUT2D eigenvalue weighted by Crippen LogP contribution is -2.27. The SMILES string of the molecule is CC(C)NCCOc1cccc(F)c1C#N. The molecule has 3 nitrogen and oxygen atoms in total. The molecular formula is C12H15FN2O. The zero-order valence-electron chi connectivity index (χ0n) is 9.46. The Hall–Kier alpha value is -1.60. The van der Waals surface area contributed by atoms with Crippen LogP contribution in [0.15, 0.2) is 18.2 Å². The summed E-state index contributed by atoms with van der Waals surface area (Å²) >= 11 is 0. The maximum atomic E-state index is 13.2. The first kappa shape index (κ1) is 12.5. The number of hydrogen-bond donors (Lipinski definition) is 1. The average molecular weight is 222 g/mol. The van der Waals surface area contributed by atoms with Crippen LogP contribution in [0.2, 0.25) is 0 Å². The molecule has 1 aromatic carbocycles. The molecule has 0 unspecified atom stereocenters. The summed E-state index contributed by atoms with van der Waals surface area (Å²) in [7, 11) is 0. The van der Waals surface area contributed by atoms with E-state index in [0.29, 0.717) is 24.9 Å². The van der Waals surface area contributed by atoms with E-state index in [4.69, 9.17) is 10.00 Å². The van der Waals surface area contributed by atoms with E-state index in [1.54, 1.807) is 12.1 Å². The summed E-state index contributed by atoms with van der Waals surface area (Å²) in [6.07, 6.45) is 0. The molecule has 0 radical (unpaired) electrons. The molecule has 0 aliphatic rings. The van der Waals surface area contributed by atoms with Crippen molar-refractivity contribution in [3.05, 3.63) is 29.6 Å². The molecule has 86 valence electrons. The number of nitrogens with one attached hydrogen (secondary N) is 1. The van der Waals surface area contributed by atoms with Gasteiger partial charge in [-0.1, -0.05) is 19.9 Å². The van der Waals surface area contributed by atoms with Gasteiger partial charge in [-0.2, -0.15) is 5.26 Å². The largest absolute Gasteiger partial charge is 0.491 e. The van der Waals surface area contributed by atoms with E-state index in [-0.39, 0.29) is 5.56 Å². The van der Waals surface area contributed by atoms with Crippen LogP contribution in [-0.2, 0) is 0 Å². The molecule has 0 aromatic heterocycles. The Morgan fingerprint density at radius 2 is 2.25 bits per heavy atom. The van der Waals surface area contributed by atoms with Crippen molar-refractivity contribution >= 4 is 0 Å². The Labute approximate surface area is 94.8 Å². The molecule has 0 aliphatic carbocycles. The summed E-state index contributed by atoms with van der Waals surface area (Å²) in [5.74, 6) is -0.245. The number of halogens is 1. The van der Waals surface area contributed by atoms with E-state index in [2.05, 4.69) is 5.32 Å². The number of ether oxygens (including phenoxy) is 1. The van der Waals surface area contributed by atoms with Crippen molar-refractivity contribution < 1.29 is 9.13 Å². The van der Waals surface area contributed by atoms with E-state index in [1.165, 1.54) is 12.1 Å². The zero-order chi connectivity index (χ0) is 12.0. The van der Waals surface area contributed by atoms with Crippen LogP contribution in [0.1, 0.15) is 19.4 Å². The minimum absolute atomic E-state index is 0.0351. The van der Waals surface area contributed by atoms with Crippen molar-refractivity contribution in [2.24, 2.45) is 0 Å². The molecule has 1 aromatic rings. The third-order valence-electron chi connectivity index (χ3n) is 2.00. The summed E-state index contributed by atoms with van der Waals surface area (Å²) in [5.41, 5.74) is -0.0351. The van der Waals surface area contributed by atoms with Crippen molar-refractivity contribution in [1.82, 2.24) is 5.32 Å². The van der Waals surface area contributed by atoms with E-state index in [9.17, 15) is 4.39 Å². The second-order valence-electron chi connectivity index (χ2n) is 3.68. The fourth-order valence-electron chi connectivity index (χ4n) is 1.24. The number of benzene rings is 1. The van der Waals surface area contributed by atoms with Crippen LogP contribution in [0.3, 0.4) is 0 Å². The number of nitrogens with zero attached hydrogens (tertiary/aromatic N) is 1. The van der Waals surface area contributed by atoms with Gasteiger partial charge >= 0.3 is 0 Å². The van der Waals surface area contributed by atoms with Crippen LogP contribution in [0.25, 0.3) is 0 Å². The van der Waals surface area contributed by atoms with Crippen molar-refractivity contribution in [2.75, 3.05) is 13.2 Å². The lowest BCUT2D eigenvalue weighted by Gasteiger charge is -2.10. The molecule has 4 heteroatoms. The Morgan fingerprint density at radius 3 is 2.88 bits per heavy atom. The van der Waals surface area contributed by atoms with Gasteiger partial charge < -0.3 is 10.1 Å². The van der Waals surface area contributed by atoms with Crippen LogP contribution < -0.4 is 10.1 Å². The Bertz CT molecular complexity index is 385. The molecular weight excluding hydrogens is 207 g/mol. The Kier molecular flexibility index (Phi) is 4.74. The number of rotatable bonds is 5. The highest BCUT2D eigenvalue weighted by molar-refractivity contribution is 5.43. The maximum absolute atomic E-state index is 13.2. The monoisotopic (exact) mass is 222 g/mol. The second-order valence-corrected chi connectivity index (χ2v) is 3.68. The first-order valence-corrected chi connectivity index (χ1v) is 5.20. The van der Waals surface area contributed by atoms with Gasteiger partial charge in [0.25, 0.3) is 0 Å². The van der Waals surface area contributed by atoms with Crippen LogP contribution in [0, 0.1) is 17.1 Å². The highest BCUT2D eigenvalue weighted by Crippen LogP contribution is 2.19. The fourth-order valence-corrected chi connectivity index (χ4v) is 1.24. The first-order chi connectivity index (χ1) is 7.65. The molecule has 0 saturated heterocycles. The van der Waals surface area contributed by atoms with Crippen LogP contribution in [0.4, 0.5) is 4.39 Å². The Balaban J connectivity index is 2.54.